The van der Waals surface area contributed by atoms with Gasteiger partial charge in [0.25, 0.3) is 0 Å². The van der Waals surface area contributed by atoms with E-state index in [1.54, 1.807) is 0 Å². The zero-order valence-electron chi connectivity index (χ0n) is 12.2. The van der Waals surface area contributed by atoms with E-state index in [0.717, 1.165) is 37.1 Å². The van der Waals surface area contributed by atoms with Crippen LogP contribution in [0.1, 0.15) is 39.3 Å². The van der Waals surface area contributed by atoms with Gasteiger partial charge in [0, 0.05) is 19.6 Å². The minimum absolute atomic E-state index is 0.501. The van der Waals surface area contributed by atoms with Crippen molar-refractivity contribution in [2.45, 2.75) is 40.2 Å². The molecule has 1 saturated heterocycles. The van der Waals surface area contributed by atoms with Crippen molar-refractivity contribution < 1.29 is 0 Å². The maximum atomic E-state index is 9.26. The summed E-state index contributed by atoms with van der Waals surface area (Å²) in [6, 6.07) is 4.08. The van der Waals surface area contributed by atoms with Crippen molar-refractivity contribution in [3.05, 3.63) is 11.8 Å². The molecule has 1 fully saturated rings. The first-order valence-corrected chi connectivity index (χ1v) is 7.17. The molecular formula is C15H24N4. The highest BCUT2D eigenvalue weighted by atomic mass is 15.3. The van der Waals surface area contributed by atoms with Crippen molar-refractivity contribution in [3.8, 4) is 6.07 Å². The summed E-state index contributed by atoms with van der Waals surface area (Å²) in [5.41, 5.74) is 7.57. The van der Waals surface area contributed by atoms with E-state index in [4.69, 9.17) is 5.73 Å². The maximum Gasteiger partial charge on any atom is 0.133 e. The van der Waals surface area contributed by atoms with E-state index in [-0.39, 0.29) is 0 Å². The smallest absolute Gasteiger partial charge is 0.133 e. The van der Waals surface area contributed by atoms with Crippen molar-refractivity contribution in [2.75, 3.05) is 23.7 Å². The molecule has 0 saturated carbocycles. The van der Waals surface area contributed by atoms with Crippen molar-refractivity contribution in [1.82, 2.24) is 4.57 Å². The third kappa shape index (κ3) is 2.86. The van der Waals surface area contributed by atoms with Crippen LogP contribution in [-0.2, 0) is 6.54 Å². The predicted molar refractivity (Wildman–Crippen MR) is 79.0 cm³/mol. The van der Waals surface area contributed by atoms with Gasteiger partial charge in [-0.3, -0.25) is 0 Å². The molecule has 0 amide bonds. The molecular weight excluding hydrogens is 236 g/mol. The summed E-state index contributed by atoms with van der Waals surface area (Å²) in [4.78, 5) is 2.35. The van der Waals surface area contributed by atoms with Crippen LogP contribution in [0.25, 0.3) is 0 Å². The van der Waals surface area contributed by atoms with Crippen molar-refractivity contribution in [1.29, 1.82) is 5.26 Å². The van der Waals surface area contributed by atoms with E-state index in [9.17, 15) is 5.26 Å². The fourth-order valence-electron chi connectivity index (χ4n) is 2.78. The lowest BCUT2D eigenvalue weighted by atomic mass is 9.99. The largest absolute Gasteiger partial charge is 0.396 e. The van der Waals surface area contributed by atoms with Crippen molar-refractivity contribution >= 4 is 11.5 Å². The van der Waals surface area contributed by atoms with Gasteiger partial charge in [0.1, 0.15) is 17.6 Å². The first-order chi connectivity index (χ1) is 9.02. The minimum atomic E-state index is 0.501. The molecule has 0 radical (unpaired) electrons. The van der Waals surface area contributed by atoms with Crippen LogP contribution in [0, 0.1) is 23.2 Å². The number of piperidine rings is 1. The number of anilines is 2. The van der Waals surface area contributed by atoms with E-state index in [1.165, 1.54) is 12.8 Å². The van der Waals surface area contributed by atoms with Crippen LogP contribution in [0.15, 0.2) is 6.07 Å². The number of hydrogen-bond acceptors (Lipinski definition) is 3. The molecule has 1 aromatic heterocycles. The van der Waals surface area contributed by atoms with Crippen LogP contribution in [0.3, 0.4) is 0 Å². The normalized spacial score (nSPS) is 16.9. The summed E-state index contributed by atoms with van der Waals surface area (Å²) in [7, 11) is 0. The fraction of sp³-hybridized carbons (Fsp3) is 0.667. The summed E-state index contributed by atoms with van der Waals surface area (Å²) >= 11 is 0. The van der Waals surface area contributed by atoms with Crippen LogP contribution >= 0.6 is 0 Å². The van der Waals surface area contributed by atoms with Gasteiger partial charge in [-0.25, -0.2) is 0 Å². The van der Waals surface area contributed by atoms with Gasteiger partial charge in [-0.2, -0.15) is 5.26 Å². The number of hydrogen-bond donors (Lipinski definition) is 1. The molecule has 2 rings (SSSR count). The van der Waals surface area contributed by atoms with Gasteiger partial charge in [-0.15, -0.1) is 0 Å². The number of nitrogens with two attached hydrogens (primary N) is 1. The van der Waals surface area contributed by atoms with E-state index >= 15 is 0 Å². The van der Waals surface area contributed by atoms with Crippen LogP contribution in [-0.4, -0.2) is 17.7 Å². The highest BCUT2D eigenvalue weighted by Gasteiger charge is 2.23. The molecule has 104 valence electrons. The molecule has 0 spiro atoms. The van der Waals surface area contributed by atoms with Gasteiger partial charge in [0.15, 0.2) is 0 Å². The average Bonchev–Trinajstić information content (AvgIpc) is 2.66. The lowest BCUT2D eigenvalue weighted by Gasteiger charge is -2.33. The SMILES string of the molecule is CC(C)Cn1c(C#N)cc(N)c1N1CCC(C)CC1. The van der Waals surface area contributed by atoms with Crippen molar-refractivity contribution in [2.24, 2.45) is 11.8 Å². The molecule has 0 aliphatic carbocycles. The van der Waals surface area contributed by atoms with Gasteiger partial charge in [0.05, 0.1) is 5.69 Å². The van der Waals surface area contributed by atoms with Gasteiger partial charge >= 0.3 is 0 Å². The highest BCUT2D eigenvalue weighted by molar-refractivity contribution is 5.68. The Kier molecular flexibility index (Phi) is 4.04. The third-order valence-electron chi connectivity index (χ3n) is 3.84. The van der Waals surface area contributed by atoms with Gasteiger partial charge < -0.3 is 15.2 Å². The first-order valence-electron chi connectivity index (χ1n) is 7.17. The molecule has 19 heavy (non-hydrogen) atoms. The van der Waals surface area contributed by atoms with Gasteiger partial charge in [-0.05, 0) is 30.7 Å². The maximum absolute atomic E-state index is 9.26. The predicted octanol–water partition coefficient (Wildman–Crippen LogP) is 2.83. The Balaban J connectivity index is 2.33. The molecule has 0 atom stereocenters. The molecule has 0 bridgehead atoms. The molecule has 1 aliphatic heterocycles. The summed E-state index contributed by atoms with van der Waals surface area (Å²) in [5.74, 6) is 2.35. The van der Waals surface area contributed by atoms with Crippen LogP contribution in [0.4, 0.5) is 11.5 Å². The van der Waals surface area contributed by atoms with E-state index in [0.29, 0.717) is 11.6 Å². The van der Waals surface area contributed by atoms with Crippen molar-refractivity contribution in [3.63, 3.8) is 0 Å². The molecule has 2 heterocycles. The van der Waals surface area contributed by atoms with E-state index in [1.807, 2.05) is 6.07 Å². The Labute approximate surface area is 115 Å². The molecule has 1 aliphatic rings. The summed E-state index contributed by atoms with van der Waals surface area (Å²) < 4.78 is 2.09. The zero-order valence-corrected chi connectivity index (χ0v) is 12.2. The molecule has 2 N–H and O–H groups in total. The molecule has 4 heteroatoms. The number of nitrogens with zero attached hydrogens (tertiary/aromatic N) is 3. The summed E-state index contributed by atoms with van der Waals surface area (Å²) in [5, 5.41) is 9.26. The number of rotatable bonds is 3. The number of nitriles is 1. The van der Waals surface area contributed by atoms with Crippen LogP contribution in [0.2, 0.25) is 0 Å². The molecule has 0 aromatic carbocycles. The average molecular weight is 260 g/mol. The molecule has 0 unspecified atom stereocenters. The zero-order chi connectivity index (χ0) is 14.0. The standard InChI is InChI=1S/C15H24N4/c1-11(2)10-19-13(9-16)8-14(17)15(19)18-6-4-12(3)5-7-18/h8,11-12H,4-7,10,17H2,1-3H3. The summed E-state index contributed by atoms with van der Waals surface area (Å²) in [6.45, 7) is 9.56. The van der Waals surface area contributed by atoms with E-state index < -0.39 is 0 Å². The lowest BCUT2D eigenvalue weighted by Crippen LogP contribution is -2.35. The lowest BCUT2D eigenvalue weighted by molar-refractivity contribution is 0.428. The highest BCUT2D eigenvalue weighted by Crippen LogP contribution is 2.31. The second-order valence-electron chi connectivity index (χ2n) is 6.09. The Morgan fingerprint density at radius 2 is 2.05 bits per heavy atom. The number of aromatic nitrogens is 1. The van der Waals surface area contributed by atoms with Gasteiger partial charge in [0.2, 0.25) is 0 Å². The topological polar surface area (TPSA) is 58.0 Å². The summed E-state index contributed by atoms with van der Waals surface area (Å²) in [6.07, 6.45) is 2.41. The molecule has 1 aromatic rings. The second-order valence-corrected chi connectivity index (χ2v) is 6.09. The second kappa shape index (κ2) is 5.56. The fourth-order valence-corrected chi connectivity index (χ4v) is 2.78. The van der Waals surface area contributed by atoms with E-state index in [2.05, 4.69) is 36.3 Å². The Hall–Kier alpha value is -1.63. The molecule has 4 nitrogen and oxygen atoms in total. The first kappa shape index (κ1) is 13.8. The van der Waals surface area contributed by atoms with Gasteiger partial charge in [-0.1, -0.05) is 20.8 Å². The quantitative estimate of drug-likeness (QED) is 0.909. The van der Waals surface area contributed by atoms with Crippen LogP contribution in [0.5, 0.6) is 0 Å². The Morgan fingerprint density at radius 3 is 2.58 bits per heavy atom. The monoisotopic (exact) mass is 260 g/mol. The third-order valence-corrected chi connectivity index (χ3v) is 3.84. The Bertz CT molecular complexity index is 473. The van der Waals surface area contributed by atoms with Crippen LogP contribution < -0.4 is 10.6 Å². The number of nitrogen functional groups attached to an aromatic ring is 1. The minimum Gasteiger partial charge on any atom is -0.396 e. The Morgan fingerprint density at radius 1 is 1.42 bits per heavy atom.